The second-order valence-electron chi connectivity index (χ2n) is 11.3. The number of carbonyl (C=O) groups is 1. The third-order valence-electron chi connectivity index (χ3n) is 10.1. The molecule has 5 fully saturated rings. The van der Waals surface area contributed by atoms with Gasteiger partial charge in [-0.3, -0.25) is 4.79 Å². The summed E-state index contributed by atoms with van der Waals surface area (Å²) in [5.41, 5.74) is 0.580. The highest BCUT2D eigenvalue weighted by molar-refractivity contribution is 8.00. The fourth-order valence-electron chi connectivity index (χ4n) is 8.51. The zero-order valence-corrected chi connectivity index (χ0v) is 18.5. The van der Waals surface area contributed by atoms with Gasteiger partial charge in [0.25, 0.3) is 0 Å². The maximum atomic E-state index is 12.7. The van der Waals surface area contributed by atoms with Crippen molar-refractivity contribution in [3.63, 3.8) is 0 Å². The van der Waals surface area contributed by atoms with E-state index in [0.717, 1.165) is 40.6 Å². The van der Waals surface area contributed by atoms with E-state index in [-0.39, 0.29) is 5.41 Å². The van der Waals surface area contributed by atoms with Crippen molar-refractivity contribution < 1.29 is 4.79 Å². The van der Waals surface area contributed by atoms with Crippen LogP contribution in [0.15, 0.2) is 0 Å². The molecule has 152 valence electrons. The Labute approximate surface area is 170 Å². The van der Waals surface area contributed by atoms with E-state index in [9.17, 15) is 4.79 Å². The Bertz CT molecular complexity index is 601. The van der Waals surface area contributed by atoms with Gasteiger partial charge in [0.05, 0.1) is 0 Å². The van der Waals surface area contributed by atoms with Crippen molar-refractivity contribution in [3.8, 4) is 0 Å². The molecule has 0 aromatic rings. The molecule has 1 saturated heterocycles. The summed E-state index contributed by atoms with van der Waals surface area (Å²) >= 11 is 2.32. The fraction of sp³-hybridized carbons (Fsp3) is 0.958. The van der Waals surface area contributed by atoms with E-state index in [1.165, 1.54) is 64.5 Å². The van der Waals surface area contributed by atoms with Gasteiger partial charge < -0.3 is 5.32 Å². The molecule has 0 radical (unpaired) electrons. The largest absolute Gasteiger partial charge is 0.316 e. The van der Waals surface area contributed by atoms with Gasteiger partial charge in [0.1, 0.15) is 5.78 Å². The van der Waals surface area contributed by atoms with Crippen LogP contribution in [0, 0.1) is 40.4 Å². The van der Waals surface area contributed by atoms with E-state index >= 15 is 0 Å². The zero-order valence-electron chi connectivity index (χ0n) is 17.6. The summed E-state index contributed by atoms with van der Waals surface area (Å²) in [6.45, 7) is 10.00. The average molecular weight is 390 g/mol. The maximum absolute atomic E-state index is 12.7. The van der Waals surface area contributed by atoms with Crippen LogP contribution < -0.4 is 5.32 Å². The van der Waals surface area contributed by atoms with E-state index in [1.807, 2.05) is 0 Å². The van der Waals surface area contributed by atoms with E-state index < -0.39 is 0 Å². The molecule has 0 amide bonds. The highest BCUT2D eigenvalue weighted by Gasteiger charge is 2.61. The lowest BCUT2D eigenvalue weighted by Crippen LogP contribution is -2.56. The number of ketones is 1. The first-order chi connectivity index (χ1) is 12.9. The van der Waals surface area contributed by atoms with Crippen LogP contribution in [0.4, 0.5) is 0 Å². The fourth-order valence-corrected chi connectivity index (χ4v) is 10.1. The Hall–Kier alpha value is -0.0200. The van der Waals surface area contributed by atoms with Crippen LogP contribution in [-0.2, 0) is 4.79 Å². The van der Waals surface area contributed by atoms with Crippen molar-refractivity contribution in [2.75, 3.05) is 13.1 Å². The summed E-state index contributed by atoms with van der Waals surface area (Å²) in [6, 6.07) is 0. The Morgan fingerprint density at radius 2 is 1.85 bits per heavy atom. The van der Waals surface area contributed by atoms with Gasteiger partial charge in [-0.1, -0.05) is 20.8 Å². The van der Waals surface area contributed by atoms with Crippen molar-refractivity contribution in [2.45, 2.75) is 89.1 Å². The third-order valence-corrected chi connectivity index (χ3v) is 11.7. The summed E-state index contributed by atoms with van der Waals surface area (Å²) in [7, 11) is 0. The van der Waals surface area contributed by atoms with Crippen LogP contribution in [0.25, 0.3) is 0 Å². The quantitative estimate of drug-likeness (QED) is 0.694. The Kier molecular flexibility index (Phi) is 4.75. The SMILES string of the molecule is CC1CC2CC(SC3CCNC3)CC[C@]2(C)[C@@H]2CC[C@]3(C)C(=O)CC[C@H]3[C@H]12. The van der Waals surface area contributed by atoms with Gasteiger partial charge in [-0.15, -0.1) is 0 Å². The van der Waals surface area contributed by atoms with Crippen molar-refractivity contribution in [1.29, 1.82) is 0 Å². The molecule has 0 aromatic carbocycles. The van der Waals surface area contributed by atoms with E-state index in [0.29, 0.717) is 17.1 Å². The second kappa shape index (κ2) is 6.76. The summed E-state index contributed by atoms with van der Waals surface area (Å²) in [4.78, 5) is 12.7. The van der Waals surface area contributed by atoms with Gasteiger partial charge in [0.15, 0.2) is 0 Å². The summed E-state index contributed by atoms with van der Waals surface area (Å²) in [5.74, 6) is 4.73. The molecule has 9 atom stereocenters. The molecule has 27 heavy (non-hydrogen) atoms. The summed E-state index contributed by atoms with van der Waals surface area (Å²) in [5, 5.41) is 5.32. The third kappa shape index (κ3) is 2.88. The van der Waals surface area contributed by atoms with Crippen molar-refractivity contribution in [1.82, 2.24) is 5.32 Å². The Balaban J connectivity index is 1.34. The molecule has 3 heteroatoms. The topological polar surface area (TPSA) is 29.1 Å². The van der Waals surface area contributed by atoms with Gasteiger partial charge in [0, 0.05) is 28.9 Å². The van der Waals surface area contributed by atoms with E-state index in [4.69, 9.17) is 0 Å². The van der Waals surface area contributed by atoms with Crippen LogP contribution >= 0.6 is 11.8 Å². The minimum atomic E-state index is 0.0289. The first kappa shape index (κ1) is 19.0. The predicted octanol–water partition coefficient (Wildman–Crippen LogP) is 5.31. The first-order valence-electron chi connectivity index (χ1n) is 11.8. The predicted molar refractivity (Wildman–Crippen MR) is 114 cm³/mol. The lowest BCUT2D eigenvalue weighted by atomic mass is 9.43. The number of fused-ring (bicyclic) bond motifs is 5. The zero-order chi connectivity index (χ0) is 18.8. The number of hydrogen-bond donors (Lipinski definition) is 1. The van der Waals surface area contributed by atoms with Gasteiger partial charge in [0.2, 0.25) is 0 Å². The Morgan fingerprint density at radius 1 is 1.00 bits per heavy atom. The molecule has 2 nitrogen and oxygen atoms in total. The average Bonchev–Trinajstić information content (AvgIpc) is 3.25. The van der Waals surface area contributed by atoms with Crippen LogP contribution in [0.2, 0.25) is 0 Å². The molecule has 4 unspecified atom stereocenters. The second-order valence-corrected chi connectivity index (χ2v) is 12.9. The number of rotatable bonds is 2. The minimum absolute atomic E-state index is 0.0289. The number of thioether (sulfide) groups is 1. The van der Waals surface area contributed by atoms with E-state index in [1.54, 1.807) is 0 Å². The number of nitrogens with one attached hydrogen (secondary N) is 1. The minimum Gasteiger partial charge on any atom is -0.316 e. The van der Waals surface area contributed by atoms with Gasteiger partial charge >= 0.3 is 0 Å². The summed E-state index contributed by atoms with van der Waals surface area (Å²) < 4.78 is 0. The molecule has 0 spiro atoms. The monoisotopic (exact) mass is 389 g/mol. The number of hydrogen-bond acceptors (Lipinski definition) is 3. The molecule has 0 bridgehead atoms. The maximum Gasteiger partial charge on any atom is 0.139 e. The van der Waals surface area contributed by atoms with Gasteiger partial charge in [-0.05, 0) is 92.9 Å². The molecular weight excluding hydrogens is 350 g/mol. The smallest absolute Gasteiger partial charge is 0.139 e. The van der Waals surface area contributed by atoms with Crippen LogP contribution in [0.1, 0.15) is 78.6 Å². The molecule has 0 aromatic heterocycles. The van der Waals surface area contributed by atoms with Crippen LogP contribution in [0.5, 0.6) is 0 Å². The van der Waals surface area contributed by atoms with Gasteiger partial charge in [-0.2, -0.15) is 11.8 Å². The highest BCUT2D eigenvalue weighted by Crippen LogP contribution is 2.67. The standard InChI is InChI=1S/C24H39NOS/c1-15-12-16-13-17(27-18-8-11-25-14-18)6-9-23(16,2)20-7-10-24(3)19(22(15)20)4-5-21(24)26/h15-20,22,25H,4-14H2,1-3H3/t15?,16?,17?,18?,19-,20+,22-,23-,24-/m0/s1. The molecule has 5 rings (SSSR count). The number of Topliss-reactive ketones (excluding diaryl/α,β-unsaturated/α-hetero) is 1. The lowest BCUT2D eigenvalue weighted by Gasteiger charge is -2.62. The van der Waals surface area contributed by atoms with Crippen molar-refractivity contribution >= 4 is 17.5 Å². The van der Waals surface area contributed by atoms with Crippen LogP contribution in [-0.4, -0.2) is 29.4 Å². The molecule has 5 aliphatic rings. The number of carbonyl (C=O) groups excluding carboxylic acids is 1. The summed E-state index contributed by atoms with van der Waals surface area (Å²) in [6.07, 6.45) is 11.7. The molecule has 1 aliphatic heterocycles. The lowest BCUT2D eigenvalue weighted by molar-refractivity contribution is -0.146. The molecular formula is C24H39NOS. The van der Waals surface area contributed by atoms with Gasteiger partial charge in [-0.25, -0.2) is 0 Å². The molecule has 1 N–H and O–H groups in total. The molecule has 4 saturated carbocycles. The first-order valence-corrected chi connectivity index (χ1v) is 12.8. The van der Waals surface area contributed by atoms with Crippen molar-refractivity contribution in [2.24, 2.45) is 40.4 Å². The molecule has 1 heterocycles. The Morgan fingerprint density at radius 3 is 2.63 bits per heavy atom. The highest BCUT2D eigenvalue weighted by atomic mass is 32.2. The normalized spacial score (nSPS) is 55.1. The molecule has 4 aliphatic carbocycles. The van der Waals surface area contributed by atoms with Crippen LogP contribution in [0.3, 0.4) is 0 Å². The van der Waals surface area contributed by atoms with Crippen molar-refractivity contribution in [3.05, 3.63) is 0 Å². The van der Waals surface area contributed by atoms with E-state index in [2.05, 4.69) is 37.8 Å².